The van der Waals surface area contributed by atoms with Gasteiger partial charge >= 0.3 is 6.18 Å². The zero-order chi connectivity index (χ0) is 22.4. The van der Waals surface area contributed by atoms with E-state index in [0.717, 1.165) is 47.2 Å². The molecule has 0 aliphatic rings. The number of nitrogens with one attached hydrogen (secondary N) is 2. The van der Waals surface area contributed by atoms with Crippen LogP contribution in [0.1, 0.15) is 28.4 Å². The molecule has 0 spiro atoms. The van der Waals surface area contributed by atoms with Crippen molar-refractivity contribution in [1.82, 2.24) is 10.2 Å². The van der Waals surface area contributed by atoms with Crippen molar-refractivity contribution in [1.29, 1.82) is 0 Å². The maximum atomic E-state index is 13.1. The van der Waals surface area contributed by atoms with E-state index in [4.69, 9.17) is 0 Å². The predicted octanol–water partition coefficient (Wildman–Crippen LogP) is 5.10. The Balaban J connectivity index is 1.56. The van der Waals surface area contributed by atoms with Crippen LogP contribution in [0.15, 0.2) is 52.9 Å². The van der Waals surface area contributed by atoms with Gasteiger partial charge in [-0.25, -0.2) is 0 Å². The van der Waals surface area contributed by atoms with E-state index in [0.29, 0.717) is 10.0 Å². The molecule has 0 radical (unpaired) electrons. The van der Waals surface area contributed by atoms with E-state index in [2.05, 4.69) is 20.8 Å². The minimum absolute atomic E-state index is 0.0417. The predicted molar refractivity (Wildman–Crippen MR) is 114 cm³/mol. The van der Waals surface area contributed by atoms with Crippen LogP contribution in [0.5, 0.6) is 0 Å². The summed E-state index contributed by atoms with van der Waals surface area (Å²) in [6.07, 6.45) is -3.75. The second kappa shape index (κ2) is 9.92. The molecule has 6 nitrogen and oxygen atoms in total. The van der Waals surface area contributed by atoms with E-state index >= 15 is 0 Å². The zero-order valence-corrected chi connectivity index (χ0v) is 17.8. The van der Waals surface area contributed by atoms with Gasteiger partial charge < -0.3 is 5.32 Å². The van der Waals surface area contributed by atoms with Crippen LogP contribution < -0.4 is 10.6 Å². The fourth-order valence-corrected chi connectivity index (χ4v) is 4.11. The molecule has 31 heavy (non-hydrogen) atoms. The number of hydrogen-bond donors (Lipinski definition) is 2. The summed E-state index contributed by atoms with van der Waals surface area (Å²) < 4.78 is 39.6. The number of aryl methyl sites for hydroxylation is 1. The van der Waals surface area contributed by atoms with E-state index < -0.39 is 23.2 Å². The molecule has 0 saturated carbocycles. The van der Waals surface area contributed by atoms with Crippen molar-refractivity contribution >= 4 is 45.7 Å². The van der Waals surface area contributed by atoms with Crippen molar-refractivity contribution in [2.75, 3.05) is 16.4 Å². The first-order chi connectivity index (χ1) is 14.8. The van der Waals surface area contributed by atoms with Gasteiger partial charge in [0.1, 0.15) is 0 Å². The summed E-state index contributed by atoms with van der Waals surface area (Å²) >= 11 is 2.08. The first-order valence-corrected chi connectivity index (χ1v) is 10.9. The molecule has 3 rings (SSSR count). The van der Waals surface area contributed by atoms with E-state index in [1.54, 1.807) is 0 Å². The Morgan fingerprint density at radius 2 is 1.74 bits per heavy atom. The standard InChI is InChI=1S/C20H17F3N4O2S2/c1-2-12-7-9-13(10-8-12)24-16(28)11-30-19-27-26-18(31-19)25-17(29)14-5-3-4-6-15(14)20(21,22)23/h3-10H,2,11H2,1H3,(H,24,28)(H,25,26,29). The van der Waals surface area contributed by atoms with Gasteiger partial charge in [0.2, 0.25) is 11.0 Å². The van der Waals surface area contributed by atoms with Crippen molar-refractivity contribution in [3.63, 3.8) is 0 Å². The second-order valence-corrected chi connectivity index (χ2v) is 8.46. The van der Waals surface area contributed by atoms with Crippen molar-refractivity contribution in [2.45, 2.75) is 23.9 Å². The lowest BCUT2D eigenvalue weighted by molar-refractivity contribution is -0.137. The number of anilines is 2. The molecule has 0 saturated heterocycles. The summed E-state index contributed by atoms with van der Waals surface area (Å²) in [5, 5.41) is 12.7. The molecule has 162 valence electrons. The van der Waals surface area contributed by atoms with E-state index in [-0.39, 0.29) is 16.8 Å². The highest BCUT2D eigenvalue weighted by molar-refractivity contribution is 8.01. The molecular formula is C20H17F3N4O2S2. The first-order valence-electron chi connectivity index (χ1n) is 9.09. The summed E-state index contributed by atoms with van der Waals surface area (Å²) in [4.78, 5) is 24.4. The number of halogens is 3. The first kappa shape index (κ1) is 22.8. The number of thioether (sulfide) groups is 1. The molecule has 2 amide bonds. The molecule has 0 fully saturated rings. The topological polar surface area (TPSA) is 84.0 Å². The number of carbonyl (C=O) groups is 2. The molecule has 2 aromatic carbocycles. The Morgan fingerprint density at radius 3 is 2.42 bits per heavy atom. The summed E-state index contributed by atoms with van der Waals surface area (Å²) in [5.41, 5.74) is 0.299. The lowest BCUT2D eigenvalue weighted by Crippen LogP contribution is -2.18. The third-order valence-corrected chi connectivity index (χ3v) is 6.05. The van der Waals surface area contributed by atoms with Crippen molar-refractivity contribution in [2.24, 2.45) is 0 Å². The van der Waals surface area contributed by atoms with Gasteiger partial charge in [-0.15, -0.1) is 10.2 Å². The number of rotatable bonds is 7. The average molecular weight is 467 g/mol. The molecule has 1 aromatic heterocycles. The molecule has 0 bridgehead atoms. The van der Waals surface area contributed by atoms with E-state index in [1.165, 1.54) is 12.1 Å². The molecule has 11 heteroatoms. The molecule has 0 aliphatic heterocycles. The fourth-order valence-electron chi connectivity index (χ4n) is 2.56. The van der Waals surface area contributed by atoms with Crippen molar-refractivity contribution in [3.05, 3.63) is 65.2 Å². The highest BCUT2D eigenvalue weighted by atomic mass is 32.2. The minimum atomic E-state index is -4.65. The van der Waals surface area contributed by atoms with Gasteiger partial charge in [0.25, 0.3) is 5.91 Å². The van der Waals surface area contributed by atoms with Crippen LogP contribution in [0.25, 0.3) is 0 Å². The van der Waals surface area contributed by atoms with Gasteiger partial charge in [0, 0.05) is 5.69 Å². The number of hydrogen-bond acceptors (Lipinski definition) is 6. The molecule has 0 aliphatic carbocycles. The van der Waals surface area contributed by atoms with Crippen LogP contribution >= 0.6 is 23.1 Å². The van der Waals surface area contributed by atoms with Crippen molar-refractivity contribution < 1.29 is 22.8 Å². The summed E-state index contributed by atoms with van der Waals surface area (Å²) in [6.45, 7) is 2.04. The highest BCUT2D eigenvalue weighted by Crippen LogP contribution is 2.32. The summed E-state index contributed by atoms with van der Waals surface area (Å²) in [7, 11) is 0. The Kier molecular flexibility index (Phi) is 7.29. The average Bonchev–Trinajstić information content (AvgIpc) is 3.19. The SMILES string of the molecule is CCc1ccc(NC(=O)CSc2nnc(NC(=O)c3ccccc3C(F)(F)F)s2)cc1. The molecule has 1 heterocycles. The van der Waals surface area contributed by atoms with Crippen molar-refractivity contribution in [3.8, 4) is 0 Å². The quantitative estimate of drug-likeness (QED) is 0.374. The number of nitrogens with zero attached hydrogens (tertiary/aromatic N) is 2. The molecule has 2 N–H and O–H groups in total. The smallest absolute Gasteiger partial charge is 0.325 e. The Hall–Kier alpha value is -2.92. The van der Waals surface area contributed by atoms with Crippen LogP contribution in [0, 0.1) is 0 Å². The number of aromatic nitrogens is 2. The lowest BCUT2D eigenvalue weighted by Gasteiger charge is -2.11. The van der Waals surface area contributed by atoms with Crippen LogP contribution in [-0.2, 0) is 17.4 Å². The largest absolute Gasteiger partial charge is 0.417 e. The number of alkyl halides is 3. The van der Waals surface area contributed by atoms with Crippen LogP contribution in [0.4, 0.5) is 24.0 Å². The van der Waals surface area contributed by atoms with Gasteiger partial charge in [-0.3, -0.25) is 14.9 Å². The Labute approximate surface area is 184 Å². The number of benzene rings is 2. The fraction of sp³-hybridized carbons (Fsp3) is 0.200. The minimum Gasteiger partial charge on any atom is -0.325 e. The third kappa shape index (κ3) is 6.28. The van der Waals surface area contributed by atoms with Gasteiger partial charge in [0.15, 0.2) is 4.34 Å². The van der Waals surface area contributed by atoms with Crippen LogP contribution in [0.2, 0.25) is 0 Å². The maximum absolute atomic E-state index is 13.1. The molecule has 3 aromatic rings. The van der Waals surface area contributed by atoms with Gasteiger partial charge in [0.05, 0.1) is 16.9 Å². The highest BCUT2D eigenvalue weighted by Gasteiger charge is 2.35. The summed E-state index contributed by atoms with van der Waals surface area (Å²) in [5.74, 6) is -1.11. The molecule has 0 atom stereocenters. The van der Waals surface area contributed by atoms with E-state index in [1.807, 2.05) is 31.2 Å². The number of amides is 2. The van der Waals surface area contributed by atoms with Crippen LogP contribution in [0.3, 0.4) is 0 Å². The normalized spacial score (nSPS) is 11.2. The molecular weight excluding hydrogens is 449 g/mol. The Morgan fingerprint density at radius 1 is 1.03 bits per heavy atom. The van der Waals surface area contributed by atoms with E-state index in [9.17, 15) is 22.8 Å². The Bertz CT molecular complexity index is 1070. The van der Waals surface area contributed by atoms with Gasteiger partial charge in [-0.1, -0.05) is 54.3 Å². The zero-order valence-electron chi connectivity index (χ0n) is 16.2. The third-order valence-electron chi connectivity index (χ3n) is 4.08. The van der Waals surface area contributed by atoms with Crippen LogP contribution in [-0.4, -0.2) is 27.8 Å². The lowest BCUT2D eigenvalue weighted by atomic mass is 10.1. The molecule has 0 unspecified atom stereocenters. The maximum Gasteiger partial charge on any atom is 0.417 e. The van der Waals surface area contributed by atoms with Gasteiger partial charge in [-0.05, 0) is 36.2 Å². The summed E-state index contributed by atoms with van der Waals surface area (Å²) in [6, 6.07) is 12.0. The monoisotopic (exact) mass is 466 g/mol. The second-order valence-electron chi connectivity index (χ2n) is 6.26. The number of carbonyl (C=O) groups excluding carboxylic acids is 2. The van der Waals surface area contributed by atoms with Gasteiger partial charge in [-0.2, -0.15) is 13.2 Å².